The molecule has 2 saturated heterocycles. The molecule has 0 aromatic rings. The van der Waals surface area contributed by atoms with Crippen LogP contribution in [0.2, 0.25) is 0 Å². The van der Waals surface area contributed by atoms with Gasteiger partial charge in [-0.1, -0.05) is 0 Å². The molecule has 2 fully saturated rings. The van der Waals surface area contributed by atoms with E-state index in [9.17, 15) is 4.79 Å². The van der Waals surface area contributed by atoms with Gasteiger partial charge >= 0.3 is 6.03 Å². The molecule has 0 aromatic carbocycles. The van der Waals surface area contributed by atoms with E-state index in [0.29, 0.717) is 32.8 Å². The number of piperidine rings is 1. The van der Waals surface area contributed by atoms with E-state index in [-0.39, 0.29) is 11.8 Å². The number of carbonyl (C=O) groups excluding carboxylic acids is 1. The highest BCUT2D eigenvalue weighted by Crippen LogP contribution is 2.31. The minimum atomic E-state index is -0.386. The molecule has 1 N–H and O–H groups in total. The van der Waals surface area contributed by atoms with E-state index in [1.165, 1.54) is 0 Å². The molecule has 2 aliphatic heterocycles. The SMILES string of the molecule is CCNC(=O)N1CCC2(CC1)OCCO2. The van der Waals surface area contributed by atoms with Crippen molar-refractivity contribution in [1.82, 2.24) is 10.2 Å². The smallest absolute Gasteiger partial charge is 0.317 e. The highest BCUT2D eigenvalue weighted by atomic mass is 16.7. The summed E-state index contributed by atoms with van der Waals surface area (Å²) in [5.41, 5.74) is 0. The molecule has 0 bridgehead atoms. The first-order chi connectivity index (χ1) is 7.26. The second-order valence-corrected chi connectivity index (χ2v) is 3.93. The molecule has 15 heavy (non-hydrogen) atoms. The molecule has 2 aliphatic rings. The van der Waals surface area contributed by atoms with Gasteiger partial charge in [0.2, 0.25) is 0 Å². The zero-order valence-corrected chi connectivity index (χ0v) is 9.12. The summed E-state index contributed by atoms with van der Waals surface area (Å²) in [4.78, 5) is 13.4. The van der Waals surface area contributed by atoms with Gasteiger partial charge in [0.05, 0.1) is 13.2 Å². The van der Waals surface area contributed by atoms with Gasteiger partial charge in [0, 0.05) is 32.5 Å². The normalized spacial score (nSPS) is 24.5. The molecule has 0 saturated carbocycles. The third-order valence-electron chi connectivity index (χ3n) is 2.95. The molecule has 0 aliphatic carbocycles. The number of hydrogen-bond donors (Lipinski definition) is 1. The maximum absolute atomic E-state index is 11.5. The van der Waals surface area contributed by atoms with Gasteiger partial charge in [-0.15, -0.1) is 0 Å². The zero-order valence-electron chi connectivity index (χ0n) is 9.12. The Bertz CT molecular complexity index is 229. The fourth-order valence-electron chi connectivity index (χ4n) is 2.10. The van der Waals surface area contributed by atoms with Gasteiger partial charge in [0.15, 0.2) is 5.79 Å². The quantitative estimate of drug-likeness (QED) is 0.693. The lowest BCUT2D eigenvalue weighted by Gasteiger charge is -2.37. The molecule has 0 atom stereocenters. The van der Waals surface area contributed by atoms with Crippen LogP contribution in [-0.2, 0) is 9.47 Å². The standard InChI is InChI=1S/C10H18N2O3/c1-2-11-9(13)12-5-3-10(4-6-12)14-7-8-15-10/h2-8H2,1H3,(H,11,13). The summed E-state index contributed by atoms with van der Waals surface area (Å²) in [5, 5.41) is 2.80. The van der Waals surface area contributed by atoms with Gasteiger partial charge in [-0.3, -0.25) is 0 Å². The molecule has 86 valence electrons. The minimum Gasteiger partial charge on any atom is -0.347 e. The Morgan fingerprint density at radius 1 is 1.33 bits per heavy atom. The lowest BCUT2D eigenvalue weighted by atomic mass is 10.0. The van der Waals surface area contributed by atoms with Crippen LogP contribution in [0.3, 0.4) is 0 Å². The zero-order chi connectivity index (χ0) is 10.7. The highest BCUT2D eigenvalue weighted by Gasteiger charge is 2.40. The van der Waals surface area contributed by atoms with Crippen molar-refractivity contribution in [2.75, 3.05) is 32.8 Å². The van der Waals surface area contributed by atoms with Crippen molar-refractivity contribution in [3.63, 3.8) is 0 Å². The second kappa shape index (κ2) is 4.37. The van der Waals surface area contributed by atoms with Crippen molar-refractivity contribution in [2.24, 2.45) is 0 Å². The molecular formula is C10H18N2O3. The average Bonchev–Trinajstić information content (AvgIpc) is 2.68. The first-order valence-corrected chi connectivity index (χ1v) is 5.56. The lowest BCUT2D eigenvalue weighted by Crippen LogP contribution is -2.50. The lowest BCUT2D eigenvalue weighted by molar-refractivity contribution is -0.181. The molecule has 5 heteroatoms. The van der Waals surface area contributed by atoms with Crippen LogP contribution in [-0.4, -0.2) is 49.6 Å². The minimum absolute atomic E-state index is 0.0188. The summed E-state index contributed by atoms with van der Waals surface area (Å²) < 4.78 is 11.2. The van der Waals surface area contributed by atoms with E-state index in [1.807, 2.05) is 11.8 Å². The van der Waals surface area contributed by atoms with Gasteiger partial charge < -0.3 is 19.7 Å². The first kappa shape index (κ1) is 10.7. The summed E-state index contributed by atoms with van der Waals surface area (Å²) in [6.07, 6.45) is 1.56. The van der Waals surface area contributed by atoms with Crippen molar-refractivity contribution in [3.05, 3.63) is 0 Å². The van der Waals surface area contributed by atoms with Gasteiger partial charge in [-0.05, 0) is 6.92 Å². The van der Waals surface area contributed by atoms with Gasteiger partial charge in [0.25, 0.3) is 0 Å². The Kier molecular flexibility index (Phi) is 3.11. The number of nitrogens with zero attached hydrogens (tertiary/aromatic N) is 1. The maximum atomic E-state index is 11.5. The first-order valence-electron chi connectivity index (χ1n) is 5.56. The van der Waals surface area contributed by atoms with Gasteiger partial charge in [-0.2, -0.15) is 0 Å². The van der Waals surface area contributed by atoms with E-state index < -0.39 is 0 Å². The summed E-state index contributed by atoms with van der Waals surface area (Å²) in [7, 11) is 0. The van der Waals surface area contributed by atoms with Crippen LogP contribution < -0.4 is 5.32 Å². The van der Waals surface area contributed by atoms with Crippen molar-refractivity contribution in [3.8, 4) is 0 Å². The number of ether oxygens (including phenoxy) is 2. The van der Waals surface area contributed by atoms with Crippen LogP contribution in [0, 0.1) is 0 Å². The Hall–Kier alpha value is -0.810. The summed E-state index contributed by atoms with van der Waals surface area (Å²) in [6, 6.07) is 0.0188. The number of amides is 2. The second-order valence-electron chi connectivity index (χ2n) is 3.93. The molecule has 2 amide bonds. The molecule has 5 nitrogen and oxygen atoms in total. The Balaban J connectivity index is 1.83. The third kappa shape index (κ3) is 2.23. The molecule has 2 rings (SSSR count). The van der Waals surface area contributed by atoms with E-state index in [4.69, 9.17) is 9.47 Å². The number of nitrogens with one attached hydrogen (secondary N) is 1. The van der Waals surface area contributed by atoms with Crippen molar-refractivity contribution in [1.29, 1.82) is 0 Å². The van der Waals surface area contributed by atoms with E-state index in [2.05, 4.69) is 5.32 Å². The van der Waals surface area contributed by atoms with Gasteiger partial charge in [0.1, 0.15) is 0 Å². The van der Waals surface area contributed by atoms with Crippen LogP contribution in [0.5, 0.6) is 0 Å². The summed E-state index contributed by atoms with van der Waals surface area (Å²) in [5.74, 6) is -0.386. The largest absolute Gasteiger partial charge is 0.347 e. The number of carbonyl (C=O) groups is 1. The molecule has 0 radical (unpaired) electrons. The van der Waals surface area contributed by atoms with Crippen LogP contribution in [0.4, 0.5) is 4.79 Å². The van der Waals surface area contributed by atoms with Crippen molar-refractivity contribution < 1.29 is 14.3 Å². The molecule has 0 unspecified atom stereocenters. The molecule has 1 spiro atoms. The fraction of sp³-hybridized carbons (Fsp3) is 0.900. The summed E-state index contributed by atoms with van der Waals surface area (Å²) in [6.45, 7) is 5.39. The Morgan fingerprint density at radius 3 is 2.47 bits per heavy atom. The van der Waals surface area contributed by atoms with Crippen molar-refractivity contribution in [2.45, 2.75) is 25.6 Å². The van der Waals surface area contributed by atoms with E-state index in [1.54, 1.807) is 0 Å². The summed E-state index contributed by atoms with van der Waals surface area (Å²) >= 11 is 0. The number of rotatable bonds is 1. The predicted molar refractivity (Wildman–Crippen MR) is 54.5 cm³/mol. The number of urea groups is 1. The monoisotopic (exact) mass is 214 g/mol. The highest BCUT2D eigenvalue weighted by molar-refractivity contribution is 5.74. The third-order valence-corrected chi connectivity index (χ3v) is 2.95. The van der Waals surface area contributed by atoms with Crippen LogP contribution in [0.15, 0.2) is 0 Å². The maximum Gasteiger partial charge on any atom is 0.317 e. The Labute approximate surface area is 89.7 Å². The molecule has 2 heterocycles. The Morgan fingerprint density at radius 2 is 1.93 bits per heavy atom. The fourth-order valence-corrected chi connectivity index (χ4v) is 2.10. The van der Waals surface area contributed by atoms with Crippen LogP contribution >= 0.6 is 0 Å². The number of hydrogen-bond acceptors (Lipinski definition) is 3. The average molecular weight is 214 g/mol. The van der Waals surface area contributed by atoms with E-state index in [0.717, 1.165) is 12.8 Å². The topological polar surface area (TPSA) is 50.8 Å². The van der Waals surface area contributed by atoms with Crippen LogP contribution in [0.1, 0.15) is 19.8 Å². The van der Waals surface area contributed by atoms with Gasteiger partial charge in [-0.25, -0.2) is 4.79 Å². The van der Waals surface area contributed by atoms with E-state index >= 15 is 0 Å². The van der Waals surface area contributed by atoms with Crippen LogP contribution in [0.25, 0.3) is 0 Å². The van der Waals surface area contributed by atoms with Crippen molar-refractivity contribution >= 4 is 6.03 Å². The molecule has 0 aromatic heterocycles. The molecular weight excluding hydrogens is 196 g/mol. The predicted octanol–water partition coefficient (Wildman–Crippen LogP) is 0.555. The number of likely N-dealkylation sites (tertiary alicyclic amines) is 1.